The molecule has 0 aromatic heterocycles. The second-order valence-corrected chi connectivity index (χ2v) is 5.36. The molecule has 1 atom stereocenters. The van der Waals surface area contributed by atoms with Gasteiger partial charge in [0.15, 0.2) is 11.5 Å². The molecule has 0 bridgehead atoms. The van der Waals surface area contributed by atoms with E-state index in [4.69, 9.17) is 21.1 Å². The van der Waals surface area contributed by atoms with Crippen LogP contribution in [-0.2, 0) is 11.3 Å². The summed E-state index contributed by atoms with van der Waals surface area (Å²) in [5, 5.41) is 6.61. The van der Waals surface area contributed by atoms with E-state index in [9.17, 15) is 4.79 Å². The molecule has 0 aliphatic carbocycles. The molecule has 5 nitrogen and oxygen atoms in total. The first kappa shape index (κ1) is 15.9. The topological polar surface area (TPSA) is 59.6 Å². The number of carbonyl (C=O) groups excluding carboxylic acids is 1. The second kappa shape index (κ2) is 7.52. The minimum absolute atomic E-state index is 0.0602. The molecule has 1 unspecified atom stereocenters. The lowest BCUT2D eigenvalue weighted by Gasteiger charge is -2.14. The zero-order valence-electron chi connectivity index (χ0n) is 12.4. The van der Waals surface area contributed by atoms with Crippen LogP contribution in [0.3, 0.4) is 0 Å². The van der Waals surface area contributed by atoms with Crippen molar-refractivity contribution in [2.45, 2.75) is 19.9 Å². The molecule has 1 aliphatic heterocycles. The standard InChI is InChI=1S/C15H21ClN2O3/c1-3-21-14-12(16)6-10(7-13(14)20-2)8-18-15(19)11-4-5-17-9-11/h6-7,11,17H,3-5,8-9H2,1-2H3,(H,18,19). The van der Waals surface area contributed by atoms with Crippen LogP contribution in [0.15, 0.2) is 12.1 Å². The van der Waals surface area contributed by atoms with E-state index in [0.29, 0.717) is 29.7 Å². The fourth-order valence-electron chi connectivity index (χ4n) is 2.37. The molecule has 1 aromatic carbocycles. The summed E-state index contributed by atoms with van der Waals surface area (Å²) in [5.74, 6) is 1.25. The van der Waals surface area contributed by atoms with Crippen molar-refractivity contribution in [1.82, 2.24) is 10.6 Å². The Kier molecular flexibility index (Phi) is 5.70. The molecule has 2 rings (SSSR count). The molecule has 1 heterocycles. The Labute approximate surface area is 130 Å². The first-order valence-corrected chi connectivity index (χ1v) is 7.51. The van der Waals surface area contributed by atoms with Crippen LogP contribution in [0.4, 0.5) is 0 Å². The number of nitrogens with one attached hydrogen (secondary N) is 2. The number of hydrogen-bond acceptors (Lipinski definition) is 4. The second-order valence-electron chi connectivity index (χ2n) is 4.95. The van der Waals surface area contributed by atoms with Gasteiger partial charge in [0.05, 0.1) is 24.7 Å². The molecule has 6 heteroatoms. The van der Waals surface area contributed by atoms with Gasteiger partial charge < -0.3 is 20.1 Å². The Morgan fingerprint density at radius 3 is 2.95 bits per heavy atom. The van der Waals surface area contributed by atoms with Gasteiger partial charge >= 0.3 is 0 Å². The summed E-state index contributed by atoms with van der Waals surface area (Å²) in [5.41, 5.74) is 0.889. The van der Waals surface area contributed by atoms with E-state index in [-0.39, 0.29) is 11.8 Å². The Morgan fingerprint density at radius 2 is 2.33 bits per heavy atom. The van der Waals surface area contributed by atoms with Crippen LogP contribution in [0.5, 0.6) is 11.5 Å². The van der Waals surface area contributed by atoms with Crippen molar-refractivity contribution in [3.63, 3.8) is 0 Å². The average molecular weight is 313 g/mol. The van der Waals surface area contributed by atoms with Gasteiger partial charge in [-0.15, -0.1) is 0 Å². The van der Waals surface area contributed by atoms with Crippen LogP contribution < -0.4 is 20.1 Å². The highest BCUT2D eigenvalue weighted by atomic mass is 35.5. The van der Waals surface area contributed by atoms with Crippen molar-refractivity contribution >= 4 is 17.5 Å². The lowest BCUT2D eigenvalue weighted by atomic mass is 10.1. The Bertz CT molecular complexity index is 502. The van der Waals surface area contributed by atoms with E-state index < -0.39 is 0 Å². The minimum atomic E-state index is 0.0602. The summed E-state index contributed by atoms with van der Waals surface area (Å²) in [7, 11) is 1.57. The summed E-state index contributed by atoms with van der Waals surface area (Å²) in [4.78, 5) is 12.0. The van der Waals surface area contributed by atoms with Gasteiger partial charge in [-0.1, -0.05) is 11.6 Å². The number of carbonyl (C=O) groups is 1. The third-order valence-corrected chi connectivity index (χ3v) is 3.76. The van der Waals surface area contributed by atoms with E-state index in [2.05, 4.69) is 10.6 Å². The quantitative estimate of drug-likeness (QED) is 0.843. The van der Waals surface area contributed by atoms with Gasteiger partial charge in [0, 0.05) is 13.1 Å². The number of amides is 1. The Hall–Kier alpha value is -1.46. The Balaban J connectivity index is 2.02. The van der Waals surface area contributed by atoms with E-state index >= 15 is 0 Å². The summed E-state index contributed by atoms with van der Waals surface area (Å²) in [6.45, 7) is 4.48. The third kappa shape index (κ3) is 4.02. The number of halogens is 1. The first-order chi connectivity index (χ1) is 10.2. The van der Waals surface area contributed by atoms with Crippen molar-refractivity contribution < 1.29 is 14.3 Å². The lowest BCUT2D eigenvalue weighted by Crippen LogP contribution is -2.31. The highest BCUT2D eigenvalue weighted by molar-refractivity contribution is 6.32. The number of ether oxygens (including phenoxy) is 2. The zero-order valence-corrected chi connectivity index (χ0v) is 13.1. The highest BCUT2D eigenvalue weighted by Crippen LogP contribution is 2.36. The fourth-order valence-corrected chi connectivity index (χ4v) is 2.66. The zero-order chi connectivity index (χ0) is 15.2. The number of benzene rings is 1. The SMILES string of the molecule is CCOc1c(Cl)cc(CNC(=O)C2CCNC2)cc1OC. The van der Waals surface area contributed by atoms with Gasteiger partial charge in [0.2, 0.25) is 5.91 Å². The van der Waals surface area contributed by atoms with Crippen molar-refractivity contribution in [2.24, 2.45) is 5.92 Å². The van der Waals surface area contributed by atoms with Crippen LogP contribution in [0, 0.1) is 5.92 Å². The largest absolute Gasteiger partial charge is 0.493 e. The number of hydrogen-bond donors (Lipinski definition) is 2. The monoisotopic (exact) mass is 312 g/mol. The molecule has 0 spiro atoms. The van der Waals surface area contributed by atoms with Gasteiger partial charge in [-0.3, -0.25) is 4.79 Å². The smallest absolute Gasteiger partial charge is 0.224 e. The number of rotatable bonds is 6. The van der Waals surface area contributed by atoms with Gasteiger partial charge in [-0.2, -0.15) is 0 Å². The molecular formula is C15H21ClN2O3. The maximum absolute atomic E-state index is 12.0. The Morgan fingerprint density at radius 1 is 1.52 bits per heavy atom. The van der Waals surface area contributed by atoms with E-state index in [1.807, 2.05) is 13.0 Å². The molecule has 1 fully saturated rings. The highest BCUT2D eigenvalue weighted by Gasteiger charge is 2.22. The van der Waals surface area contributed by atoms with Crippen LogP contribution in [0.1, 0.15) is 18.9 Å². The fraction of sp³-hybridized carbons (Fsp3) is 0.533. The van der Waals surface area contributed by atoms with E-state index in [1.54, 1.807) is 13.2 Å². The van der Waals surface area contributed by atoms with Crippen molar-refractivity contribution in [3.8, 4) is 11.5 Å². The number of methoxy groups -OCH3 is 1. The lowest BCUT2D eigenvalue weighted by molar-refractivity contribution is -0.124. The van der Waals surface area contributed by atoms with Gasteiger partial charge in [0.1, 0.15) is 0 Å². The average Bonchev–Trinajstić information content (AvgIpc) is 3.01. The molecule has 0 saturated carbocycles. The van der Waals surface area contributed by atoms with Gasteiger partial charge in [0.25, 0.3) is 0 Å². The van der Waals surface area contributed by atoms with Gasteiger partial charge in [-0.25, -0.2) is 0 Å². The molecular weight excluding hydrogens is 292 g/mol. The summed E-state index contributed by atoms with van der Waals surface area (Å²) < 4.78 is 10.8. The minimum Gasteiger partial charge on any atom is -0.493 e. The molecule has 1 aliphatic rings. The van der Waals surface area contributed by atoms with Crippen molar-refractivity contribution in [2.75, 3.05) is 26.8 Å². The van der Waals surface area contributed by atoms with E-state index in [1.165, 1.54) is 0 Å². The predicted octanol–water partition coefficient (Wildman–Crippen LogP) is 1.97. The maximum Gasteiger partial charge on any atom is 0.224 e. The molecule has 1 aromatic rings. The van der Waals surface area contributed by atoms with E-state index in [0.717, 1.165) is 25.1 Å². The molecule has 116 valence electrons. The molecule has 1 amide bonds. The third-order valence-electron chi connectivity index (χ3n) is 3.48. The molecule has 21 heavy (non-hydrogen) atoms. The van der Waals surface area contributed by atoms with Crippen LogP contribution >= 0.6 is 11.6 Å². The summed E-state index contributed by atoms with van der Waals surface area (Å²) in [6, 6.07) is 3.63. The molecule has 2 N–H and O–H groups in total. The molecule has 1 saturated heterocycles. The van der Waals surface area contributed by atoms with Crippen molar-refractivity contribution in [1.29, 1.82) is 0 Å². The predicted molar refractivity (Wildman–Crippen MR) is 82.0 cm³/mol. The summed E-state index contributed by atoms with van der Waals surface area (Å²) in [6.07, 6.45) is 0.888. The van der Waals surface area contributed by atoms with Crippen LogP contribution in [0.2, 0.25) is 5.02 Å². The maximum atomic E-state index is 12.0. The molecule has 0 radical (unpaired) electrons. The van der Waals surface area contributed by atoms with Gasteiger partial charge in [-0.05, 0) is 37.6 Å². The van der Waals surface area contributed by atoms with Crippen molar-refractivity contribution in [3.05, 3.63) is 22.7 Å². The normalized spacial score (nSPS) is 17.6. The van der Waals surface area contributed by atoms with Crippen LogP contribution in [-0.4, -0.2) is 32.7 Å². The first-order valence-electron chi connectivity index (χ1n) is 7.13. The summed E-state index contributed by atoms with van der Waals surface area (Å²) >= 11 is 6.21. The van der Waals surface area contributed by atoms with Crippen LogP contribution in [0.25, 0.3) is 0 Å².